The molecule has 0 saturated carbocycles. The number of ether oxygens (including phenoxy) is 2. The fraction of sp³-hybridized carbons (Fsp3) is 0.350. The second-order valence-electron chi connectivity index (χ2n) is 5.62. The summed E-state index contributed by atoms with van der Waals surface area (Å²) in [5, 5.41) is 3.38. The summed E-state index contributed by atoms with van der Waals surface area (Å²) < 4.78 is 11.1. The van der Waals surface area contributed by atoms with Crippen LogP contribution < -0.4 is 14.8 Å². The maximum Gasteiger partial charge on any atom is 0.193 e. The maximum atomic E-state index is 5.73. The van der Waals surface area contributed by atoms with Gasteiger partial charge >= 0.3 is 0 Å². The van der Waals surface area contributed by atoms with Crippen LogP contribution in [0.3, 0.4) is 0 Å². The molecule has 25 heavy (non-hydrogen) atoms. The Morgan fingerprint density at radius 2 is 1.80 bits per heavy atom. The first-order valence-corrected chi connectivity index (χ1v) is 8.46. The van der Waals surface area contributed by atoms with Gasteiger partial charge in [0.05, 0.1) is 13.7 Å². The third-order valence-corrected chi connectivity index (χ3v) is 3.88. The van der Waals surface area contributed by atoms with E-state index in [0.717, 1.165) is 37.0 Å². The largest absolute Gasteiger partial charge is 0.496 e. The van der Waals surface area contributed by atoms with Crippen LogP contribution >= 0.6 is 0 Å². The van der Waals surface area contributed by atoms with Crippen molar-refractivity contribution in [2.24, 2.45) is 4.99 Å². The normalized spacial score (nSPS) is 11.1. The minimum absolute atomic E-state index is 0.605. The van der Waals surface area contributed by atoms with Crippen LogP contribution in [0, 0.1) is 0 Å². The number of nitrogens with zero attached hydrogens (tertiary/aromatic N) is 2. The zero-order valence-corrected chi connectivity index (χ0v) is 15.2. The second-order valence-corrected chi connectivity index (χ2v) is 5.62. The molecule has 134 valence electrons. The number of rotatable bonds is 8. The van der Waals surface area contributed by atoms with Crippen molar-refractivity contribution in [1.29, 1.82) is 0 Å². The summed E-state index contributed by atoms with van der Waals surface area (Å²) in [6.07, 6.45) is 0.872. The highest BCUT2D eigenvalue weighted by Gasteiger charge is 2.07. The molecule has 2 aromatic rings. The Labute approximate surface area is 150 Å². The molecule has 2 aromatic carbocycles. The summed E-state index contributed by atoms with van der Waals surface area (Å²) in [6.45, 7) is 2.15. The van der Waals surface area contributed by atoms with Gasteiger partial charge in [0.1, 0.15) is 18.1 Å². The van der Waals surface area contributed by atoms with Gasteiger partial charge in [0.25, 0.3) is 0 Å². The molecule has 0 unspecified atom stereocenters. The smallest absolute Gasteiger partial charge is 0.193 e. The van der Waals surface area contributed by atoms with Gasteiger partial charge in [-0.05, 0) is 30.2 Å². The molecule has 0 fully saturated rings. The highest BCUT2D eigenvalue weighted by molar-refractivity contribution is 5.79. The lowest BCUT2D eigenvalue weighted by molar-refractivity contribution is 0.281. The Bertz CT molecular complexity index is 659. The molecule has 0 radical (unpaired) electrons. The lowest BCUT2D eigenvalue weighted by Crippen LogP contribution is -2.41. The molecule has 0 spiro atoms. The van der Waals surface area contributed by atoms with Crippen molar-refractivity contribution in [3.8, 4) is 11.5 Å². The SMILES string of the molecule is CN=C(NCCc1ccccc1OC)N(C)CCOc1ccccc1. The number of hydrogen-bond donors (Lipinski definition) is 1. The van der Waals surface area contributed by atoms with E-state index in [4.69, 9.17) is 9.47 Å². The van der Waals surface area contributed by atoms with Gasteiger partial charge in [0.2, 0.25) is 0 Å². The molecule has 0 aliphatic carbocycles. The van der Waals surface area contributed by atoms with Gasteiger partial charge in [0, 0.05) is 20.6 Å². The number of guanidine groups is 1. The van der Waals surface area contributed by atoms with Crippen LogP contribution in [-0.2, 0) is 6.42 Å². The average molecular weight is 341 g/mol. The van der Waals surface area contributed by atoms with Crippen LogP contribution in [0.15, 0.2) is 59.6 Å². The first kappa shape index (κ1) is 18.6. The highest BCUT2D eigenvalue weighted by atomic mass is 16.5. The number of methoxy groups -OCH3 is 1. The van der Waals surface area contributed by atoms with E-state index in [0.29, 0.717) is 6.61 Å². The lowest BCUT2D eigenvalue weighted by atomic mass is 10.1. The van der Waals surface area contributed by atoms with Crippen molar-refractivity contribution >= 4 is 5.96 Å². The molecule has 5 nitrogen and oxygen atoms in total. The first-order chi connectivity index (χ1) is 12.2. The van der Waals surface area contributed by atoms with Gasteiger partial charge in [-0.3, -0.25) is 4.99 Å². The van der Waals surface area contributed by atoms with E-state index in [1.165, 1.54) is 5.56 Å². The van der Waals surface area contributed by atoms with Gasteiger partial charge in [-0.2, -0.15) is 0 Å². The van der Waals surface area contributed by atoms with E-state index in [1.54, 1.807) is 14.2 Å². The van der Waals surface area contributed by atoms with Crippen LogP contribution in [0.5, 0.6) is 11.5 Å². The number of likely N-dealkylation sites (N-methyl/N-ethyl adjacent to an activating group) is 1. The van der Waals surface area contributed by atoms with E-state index >= 15 is 0 Å². The number of hydrogen-bond acceptors (Lipinski definition) is 3. The molecular weight excluding hydrogens is 314 g/mol. The average Bonchev–Trinajstić information content (AvgIpc) is 2.66. The van der Waals surface area contributed by atoms with Crippen LogP contribution in [0.2, 0.25) is 0 Å². The van der Waals surface area contributed by atoms with E-state index in [-0.39, 0.29) is 0 Å². The monoisotopic (exact) mass is 341 g/mol. The Kier molecular flexibility index (Phi) is 7.63. The minimum atomic E-state index is 0.605. The zero-order chi connectivity index (χ0) is 17.9. The number of para-hydroxylation sites is 2. The fourth-order valence-corrected chi connectivity index (χ4v) is 2.53. The molecule has 0 aliphatic heterocycles. The van der Waals surface area contributed by atoms with Gasteiger partial charge in [0.15, 0.2) is 5.96 Å². The second kappa shape index (κ2) is 10.2. The molecule has 0 heterocycles. The van der Waals surface area contributed by atoms with Crippen molar-refractivity contribution in [3.05, 3.63) is 60.2 Å². The van der Waals surface area contributed by atoms with Crippen molar-refractivity contribution in [2.45, 2.75) is 6.42 Å². The van der Waals surface area contributed by atoms with E-state index in [1.807, 2.05) is 55.6 Å². The van der Waals surface area contributed by atoms with E-state index < -0.39 is 0 Å². The molecule has 0 amide bonds. The van der Waals surface area contributed by atoms with Gasteiger partial charge in [-0.1, -0.05) is 36.4 Å². The number of benzene rings is 2. The van der Waals surface area contributed by atoms with Gasteiger partial charge in [-0.25, -0.2) is 0 Å². The Hall–Kier alpha value is -2.69. The Morgan fingerprint density at radius 1 is 1.08 bits per heavy atom. The molecule has 0 saturated heterocycles. The van der Waals surface area contributed by atoms with Crippen LogP contribution in [0.1, 0.15) is 5.56 Å². The third kappa shape index (κ3) is 6.03. The Balaban J connectivity index is 1.75. The molecule has 0 aliphatic rings. The molecular formula is C20H27N3O2. The molecule has 5 heteroatoms. The summed E-state index contributed by atoms with van der Waals surface area (Å²) in [5.74, 6) is 2.66. The minimum Gasteiger partial charge on any atom is -0.496 e. The molecule has 2 rings (SSSR count). The van der Waals surface area contributed by atoms with Crippen molar-refractivity contribution in [2.75, 3.05) is 40.9 Å². The van der Waals surface area contributed by atoms with Crippen molar-refractivity contribution in [1.82, 2.24) is 10.2 Å². The Morgan fingerprint density at radius 3 is 2.52 bits per heavy atom. The lowest BCUT2D eigenvalue weighted by Gasteiger charge is -2.22. The van der Waals surface area contributed by atoms with Crippen molar-refractivity contribution in [3.63, 3.8) is 0 Å². The summed E-state index contributed by atoms with van der Waals surface area (Å²) in [5.41, 5.74) is 1.18. The summed E-state index contributed by atoms with van der Waals surface area (Å²) >= 11 is 0. The molecule has 0 aromatic heterocycles. The van der Waals surface area contributed by atoms with Crippen LogP contribution in [0.25, 0.3) is 0 Å². The predicted molar refractivity (Wildman–Crippen MR) is 103 cm³/mol. The van der Waals surface area contributed by atoms with Crippen LogP contribution in [-0.4, -0.2) is 51.8 Å². The van der Waals surface area contributed by atoms with Gasteiger partial charge < -0.3 is 19.7 Å². The quantitative estimate of drug-likeness (QED) is 0.592. The molecule has 1 N–H and O–H groups in total. The van der Waals surface area contributed by atoms with Crippen molar-refractivity contribution < 1.29 is 9.47 Å². The van der Waals surface area contributed by atoms with E-state index in [9.17, 15) is 0 Å². The third-order valence-electron chi connectivity index (χ3n) is 3.88. The van der Waals surface area contributed by atoms with Gasteiger partial charge in [-0.15, -0.1) is 0 Å². The zero-order valence-electron chi connectivity index (χ0n) is 15.2. The van der Waals surface area contributed by atoms with Crippen LogP contribution in [0.4, 0.5) is 0 Å². The summed E-state index contributed by atoms with van der Waals surface area (Å²) in [4.78, 5) is 6.39. The molecule has 0 bridgehead atoms. The molecule has 0 atom stereocenters. The summed E-state index contributed by atoms with van der Waals surface area (Å²) in [6, 6.07) is 17.9. The topological polar surface area (TPSA) is 46.1 Å². The summed E-state index contributed by atoms with van der Waals surface area (Å²) in [7, 11) is 5.50. The highest BCUT2D eigenvalue weighted by Crippen LogP contribution is 2.17. The fourth-order valence-electron chi connectivity index (χ4n) is 2.53. The van der Waals surface area contributed by atoms with E-state index in [2.05, 4.69) is 21.3 Å². The number of nitrogens with one attached hydrogen (secondary N) is 1. The first-order valence-electron chi connectivity index (χ1n) is 8.46. The standard InChI is InChI=1S/C20H27N3O2/c1-21-20(22-14-13-17-9-7-8-12-19(17)24-3)23(2)15-16-25-18-10-5-4-6-11-18/h4-12H,13-16H2,1-3H3,(H,21,22). The predicted octanol–water partition coefficient (Wildman–Crippen LogP) is 2.82. The number of aliphatic imine (C=N–C) groups is 1. The maximum absolute atomic E-state index is 5.73.